The highest BCUT2D eigenvalue weighted by Gasteiger charge is 2.16. The lowest BCUT2D eigenvalue weighted by molar-refractivity contribution is -0.0493. The van der Waals surface area contributed by atoms with Crippen molar-refractivity contribution < 1.29 is 17.9 Å². The molecule has 31 heavy (non-hydrogen) atoms. The number of aromatic nitrogens is 2. The Morgan fingerprint density at radius 1 is 1.16 bits per heavy atom. The van der Waals surface area contributed by atoms with Gasteiger partial charge < -0.3 is 15.4 Å². The van der Waals surface area contributed by atoms with Crippen molar-refractivity contribution in [3.63, 3.8) is 0 Å². The second kappa shape index (κ2) is 9.57. The number of nitrogens with one attached hydrogen (secondary N) is 2. The van der Waals surface area contributed by atoms with Crippen LogP contribution in [0.15, 0.2) is 36.4 Å². The number of thiocarbonyl (C=S) groups is 1. The minimum Gasteiger partial charge on any atom is -0.433 e. The molecule has 0 saturated carbocycles. The molecule has 164 valence electrons. The van der Waals surface area contributed by atoms with Crippen LogP contribution < -0.4 is 15.4 Å². The fourth-order valence-electron chi connectivity index (χ4n) is 3.04. The molecule has 10 heteroatoms. The largest absolute Gasteiger partial charge is 0.433 e. The lowest BCUT2D eigenvalue weighted by Gasteiger charge is -2.15. The molecular formula is C21H20ClF3N4OS. The molecule has 0 fully saturated rings. The Hall–Kier alpha value is -2.78. The molecule has 0 amide bonds. The van der Waals surface area contributed by atoms with Crippen molar-refractivity contribution in [2.24, 2.45) is 0 Å². The van der Waals surface area contributed by atoms with E-state index in [1.54, 1.807) is 36.7 Å². The van der Waals surface area contributed by atoms with Crippen LogP contribution in [0.1, 0.15) is 22.5 Å². The average Bonchev–Trinajstić information content (AvgIpc) is 2.93. The van der Waals surface area contributed by atoms with Crippen LogP contribution in [0.3, 0.4) is 0 Å². The van der Waals surface area contributed by atoms with E-state index in [1.807, 2.05) is 6.92 Å². The van der Waals surface area contributed by atoms with Gasteiger partial charge in [0.1, 0.15) is 11.6 Å². The topological polar surface area (TPSA) is 51.1 Å². The van der Waals surface area contributed by atoms with Crippen LogP contribution in [-0.2, 0) is 6.54 Å². The number of hydrogen-bond acceptors (Lipinski definition) is 3. The van der Waals surface area contributed by atoms with E-state index in [0.29, 0.717) is 28.6 Å². The van der Waals surface area contributed by atoms with Gasteiger partial charge in [-0.25, -0.2) is 4.39 Å². The van der Waals surface area contributed by atoms with E-state index < -0.39 is 12.4 Å². The molecule has 5 nitrogen and oxygen atoms in total. The molecule has 0 unspecified atom stereocenters. The number of alkyl halides is 2. The molecule has 3 rings (SSSR count). The molecule has 0 atom stereocenters. The Morgan fingerprint density at radius 2 is 1.90 bits per heavy atom. The number of ether oxygens (including phenoxy) is 1. The van der Waals surface area contributed by atoms with Crippen LogP contribution in [0, 0.1) is 26.6 Å². The van der Waals surface area contributed by atoms with Gasteiger partial charge in [-0.1, -0.05) is 23.7 Å². The monoisotopic (exact) mass is 468 g/mol. The zero-order valence-electron chi connectivity index (χ0n) is 17.0. The van der Waals surface area contributed by atoms with Gasteiger partial charge in [0.2, 0.25) is 0 Å². The van der Waals surface area contributed by atoms with E-state index in [4.69, 9.17) is 23.8 Å². The summed E-state index contributed by atoms with van der Waals surface area (Å²) in [5.74, 6) is -0.415. The van der Waals surface area contributed by atoms with E-state index in [0.717, 1.165) is 16.8 Å². The van der Waals surface area contributed by atoms with Crippen molar-refractivity contribution in [2.75, 3.05) is 10.6 Å². The Balaban J connectivity index is 1.77. The molecule has 1 aromatic heterocycles. The number of hydrogen-bond donors (Lipinski definition) is 2. The third kappa shape index (κ3) is 5.68. The van der Waals surface area contributed by atoms with Crippen molar-refractivity contribution in [1.29, 1.82) is 0 Å². The maximum atomic E-state index is 13.3. The van der Waals surface area contributed by atoms with Gasteiger partial charge in [-0.2, -0.15) is 13.9 Å². The third-order valence-electron chi connectivity index (χ3n) is 4.56. The van der Waals surface area contributed by atoms with Gasteiger partial charge in [0, 0.05) is 5.02 Å². The maximum absolute atomic E-state index is 13.3. The first kappa shape index (κ1) is 22.9. The fraction of sp³-hybridized carbons (Fsp3) is 0.238. The van der Waals surface area contributed by atoms with E-state index in [1.165, 1.54) is 18.2 Å². The molecule has 0 aliphatic rings. The number of benzene rings is 2. The summed E-state index contributed by atoms with van der Waals surface area (Å²) in [6.45, 7) is 2.81. The van der Waals surface area contributed by atoms with Crippen LogP contribution >= 0.6 is 23.8 Å². The highest BCUT2D eigenvalue weighted by atomic mass is 35.5. The minimum atomic E-state index is -2.95. The zero-order chi connectivity index (χ0) is 22.7. The Morgan fingerprint density at radius 3 is 2.58 bits per heavy atom. The summed E-state index contributed by atoms with van der Waals surface area (Å²) in [6, 6.07) is 9.06. The Bertz CT molecular complexity index is 1120. The van der Waals surface area contributed by atoms with Gasteiger partial charge in [-0.15, -0.1) is 0 Å². The predicted octanol–water partition coefficient (Wildman–Crippen LogP) is 6.06. The predicted molar refractivity (Wildman–Crippen MR) is 120 cm³/mol. The highest BCUT2D eigenvalue weighted by molar-refractivity contribution is 7.80. The Kier molecular flexibility index (Phi) is 7.07. The fourth-order valence-corrected chi connectivity index (χ4v) is 3.48. The Labute approximate surface area is 188 Å². The molecule has 0 aliphatic carbocycles. The number of aryl methyl sites for hydroxylation is 2. The molecule has 2 aromatic carbocycles. The van der Waals surface area contributed by atoms with Crippen LogP contribution in [-0.4, -0.2) is 21.5 Å². The van der Waals surface area contributed by atoms with E-state index >= 15 is 0 Å². The highest BCUT2D eigenvalue weighted by Crippen LogP contribution is 2.28. The van der Waals surface area contributed by atoms with Crippen molar-refractivity contribution in [2.45, 2.75) is 33.9 Å². The summed E-state index contributed by atoms with van der Waals surface area (Å²) in [6.07, 6.45) is 0. The molecule has 0 bridgehead atoms. The van der Waals surface area contributed by atoms with E-state index in [2.05, 4.69) is 20.5 Å². The van der Waals surface area contributed by atoms with E-state index in [-0.39, 0.29) is 10.9 Å². The first-order valence-corrected chi connectivity index (χ1v) is 10.0. The van der Waals surface area contributed by atoms with Gasteiger partial charge in [0.15, 0.2) is 5.11 Å². The molecule has 0 aliphatic heterocycles. The van der Waals surface area contributed by atoms with Gasteiger partial charge in [0.25, 0.3) is 0 Å². The first-order chi connectivity index (χ1) is 14.6. The maximum Gasteiger partial charge on any atom is 0.387 e. The number of rotatable bonds is 6. The molecule has 0 spiro atoms. The van der Waals surface area contributed by atoms with Crippen LogP contribution in [0.25, 0.3) is 0 Å². The molecule has 0 radical (unpaired) electrons. The smallest absolute Gasteiger partial charge is 0.387 e. The number of nitrogens with zero attached hydrogens (tertiary/aromatic N) is 2. The van der Waals surface area contributed by atoms with Gasteiger partial charge in [-0.3, -0.25) is 4.68 Å². The third-order valence-corrected chi connectivity index (χ3v) is 5.11. The minimum absolute atomic E-state index is 0.00533. The summed E-state index contributed by atoms with van der Waals surface area (Å²) in [5, 5.41) is 10.9. The number of halogens is 4. The normalized spacial score (nSPS) is 11.0. The summed E-state index contributed by atoms with van der Waals surface area (Å²) in [4.78, 5) is 0. The lowest BCUT2D eigenvalue weighted by Crippen LogP contribution is -2.21. The summed E-state index contributed by atoms with van der Waals surface area (Å²) in [5.41, 5.74) is 3.91. The van der Waals surface area contributed by atoms with Crippen molar-refractivity contribution in [3.8, 4) is 5.75 Å². The van der Waals surface area contributed by atoms with Crippen molar-refractivity contribution >= 4 is 40.3 Å². The molecule has 0 saturated heterocycles. The van der Waals surface area contributed by atoms with Gasteiger partial charge in [0.05, 0.1) is 29.3 Å². The molecular weight excluding hydrogens is 449 g/mol. The summed E-state index contributed by atoms with van der Waals surface area (Å²) >= 11 is 11.5. The van der Waals surface area contributed by atoms with Crippen LogP contribution in [0.4, 0.5) is 24.5 Å². The molecule has 1 heterocycles. The van der Waals surface area contributed by atoms with Crippen LogP contribution in [0.2, 0.25) is 5.02 Å². The van der Waals surface area contributed by atoms with Crippen molar-refractivity contribution in [1.82, 2.24) is 9.78 Å². The second-order valence-corrected chi connectivity index (χ2v) is 7.71. The van der Waals surface area contributed by atoms with Gasteiger partial charge in [-0.05, 0) is 68.4 Å². The summed E-state index contributed by atoms with van der Waals surface area (Å²) in [7, 11) is 0. The van der Waals surface area contributed by atoms with E-state index in [9.17, 15) is 13.2 Å². The van der Waals surface area contributed by atoms with Crippen molar-refractivity contribution in [3.05, 3.63) is 69.8 Å². The molecule has 2 N–H and O–H groups in total. The van der Waals surface area contributed by atoms with Crippen LogP contribution in [0.5, 0.6) is 5.75 Å². The number of anilines is 2. The quantitative estimate of drug-likeness (QED) is 0.431. The summed E-state index contributed by atoms with van der Waals surface area (Å²) < 4.78 is 45.0. The average molecular weight is 469 g/mol. The standard InChI is InChI=1S/C21H20ClF3N4OS/c1-11-4-7-17(18(8-11)30-20(24)25)26-21(31)27-19-12(2)28-29(13(19)3)10-14-5-6-15(23)9-16(14)22/h4-9,20H,10H2,1-3H3,(H2,26,27,31). The zero-order valence-corrected chi connectivity index (χ0v) is 18.5. The van der Waals surface area contributed by atoms with Gasteiger partial charge >= 0.3 is 6.61 Å². The second-order valence-electron chi connectivity index (χ2n) is 6.90. The first-order valence-electron chi connectivity index (χ1n) is 9.25. The lowest BCUT2D eigenvalue weighted by atomic mass is 10.2. The SMILES string of the molecule is Cc1ccc(NC(=S)Nc2c(C)nn(Cc3ccc(F)cc3Cl)c2C)c(OC(F)F)c1. The molecule has 3 aromatic rings.